The fourth-order valence-corrected chi connectivity index (χ4v) is 3.80. The summed E-state index contributed by atoms with van der Waals surface area (Å²) in [6, 6.07) is 1.10. The van der Waals surface area contributed by atoms with Gasteiger partial charge in [0.25, 0.3) is 11.4 Å². The molecule has 1 heterocycles. The van der Waals surface area contributed by atoms with Gasteiger partial charge in [-0.2, -0.15) is 0 Å². The predicted molar refractivity (Wildman–Crippen MR) is 125 cm³/mol. The van der Waals surface area contributed by atoms with Gasteiger partial charge in [-0.15, -0.1) is 0 Å². The van der Waals surface area contributed by atoms with Gasteiger partial charge in [0, 0.05) is 12.6 Å². The maximum absolute atomic E-state index is 12.9. The fourth-order valence-electron chi connectivity index (χ4n) is 3.80. The van der Waals surface area contributed by atoms with Gasteiger partial charge in [0.05, 0.1) is 22.5 Å². The molecule has 2 atom stereocenters. The highest BCUT2D eigenvalue weighted by atomic mass is 16.6. The Bertz CT molecular complexity index is 1040. The second-order valence-corrected chi connectivity index (χ2v) is 8.62. The lowest BCUT2D eigenvalue weighted by molar-refractivity contribution is -0.393. The predicted octanol–water partition coefficient (Wildman–Crippen LogP) is 0.638. The van der Waals surface area contributed by atoms with Gasteiger partial charge in [-0.25, -0.2) is 0 Å². The van der Waals surface area contributed by atoms with Gasteiger partial charge in [-0.1, -0.05) is 13.8 Å². The average molecular weight is 508 g/mol. The quantitative estimate of drug-likeness (QED) is 0.228. The minimum absolute atomic E-state index is 0.00822. The lowest BCUT2D eigenvalue weighted by Gasteiger charge is -2.27. The van der Waals surface area contributed by atoms with Crippen LogP contribution in [0.25, 0.3) is 0 Å². The molecule has 0 spiro atoms. The third-order valence-electron chi connectivity index (χ3n) is 5.45. The van der Waals surface area contributed by atoms with E-state index in [1.165, 1.54) is 4.90 Å². The van der Waals surface area contributed by atoms with Crippen LogP contribution in [0.15, 0.2) is 18.2 Å². The van der Waals surface area contributed by atoms with Crippen LogP contribution in [-0.2, 0) is 19.2 Å². The lowest BCUT2D eigenvalue weighted by Crippen LogP contribution is -2.54. The average Bonchev–Trinajstić information content (AvgIpc) is 3.30. The highest BCUT2D eigenvalue weighted by molar-refractivity contribution is 5.94. The van der Waals surface area contributed by atoms with Crippen LogP contribution in [0.2, 0.25) is 0 Å². The van der Waals surface area contributed by atoms with E-state index < -0.39 is 70.1 Å². The molecule has 36 heavy (non-hydrogen) atoms. The Balaban J connectivity index is 2.07. The number of likely N-dealkylation sites (tertiary alicyclic amines) is 1. The summed E-state index contributed by atoms with van der Waals surface area (Å²) in [6.45, 7) is 2.91. The molecule has 4 N–H and O–H groups in total. The molecular weight excluding hydrogens is 480 g/mol. The Kier molecular flexibility index (Phi) is 9.64. The van der Waals surface area contributed by atoms with Crippen LogP contribution in [0, 0.1) is 26.1 Å². The summed E-state index contributed by atoms with van der Waals surface area (Å²) in [4.78, 5) is 70.8. The van der Waals surface area contributed by atoms with Gasteiger partial charge in [0.1, 0.15) is 24.3 Å². The molecule has 0 aliphatic carbocycles. The fraction of sp³-hybridized carbons (Fsp3) is 0.524. The monoisotopic (exact) mass is 508 g/mol. The molecule has 1 saturated heterocycles. The maximum Gasteiger partial charge on any atom is 0.322 e. The first kappa shape index (κ1) is 27.9. The number of carbonyl (C=O) groups is 4. The van der Waals surface area contributed by atoms with E-state index in [2.05, 4.69) is 16.0 Å². The van der Waals surface area contributed by atoms with Crippen LogP contribution < -0.4 is 16.0 Å². The normalized spacial score (nSPS) is 15.8. The summed E-state index contributed by atoms with van der Waals surface area (Å²) in [5, 5.41) is 38.4. The van der Waals surface area contributed by atoms with Gasteiger partial charge in [0.15, 0.2) is 0 Å². The van der Waals surface area contributed by atoms with Crippen molar-refractivity contribution in [3.05, 3.63) is 38.4 Å². The third kappa shape index (κ3) is 7.61. The van der Waals surface area contributed by atoms with Crippen molar-refractivity contribution in [3.8, 4) is 0 Å². The summed E-state index contributed by atoms with van der Waals surface area (Å²) >= 11 is 0. The molecule has 1 aliphatic rings. The molecule has 0 aromatic heterocycles. The van der Waals surface area contributed by atoms with Crippen molar-refractivity contribution in [2.45, 2.75) is 45.2 Å². The zero-order chi connectivity index (χ0) is 27.0. The van der Waals surface area contributed by atoms with E-state index in [1.54, 1.807) is 0 Å². The number of anilines is 1. The van der Waals surface area contributed by atoms with Crippen molar-refractivity contribution in [1.82, 2.24) is 15.5 Å². The van der Waals surface area contributed by atoms with Crippen molar-refractivity contribution in [3.63, 3.8) is 0 Å². The zero-order valence-electron chi connectivity index (χ0n) is 19.8. The van der Waals surface area contributed by atoms with E-state index in [0.717, 1.165) is 18.2 Å². The maximum atomic E-state index is 12.9. The van der Waals surface area contributed by atoms with E-state index in [-0.39, 0.29) is 24.6 Å². The molecule has 15 heteroatoms. The van der Waals surface area contributed by atoms with Gasteiger partial charge < -0.3 is 26.0 Å². The summed E-state index contributed by atoms with van der Waals surface area (Å²) < 4.78 is 0. The Hall–Kier alpha value is -4.30. The van der Waals surface area contributed by atoms with E-state index in [0.29, 0.717) is 12.8 Å². The Labute approximate surface area is 205 Å². The smallest absolute Gasteiger partial charge is 0.322 e. The molecule has 196 valence electrons. The number of carboxylic acids is 1. The van der Waals surface area contributed by atoms with E-state index >= 15 is 0 Å². The molecule has 1 aromatic rings. The zero-order valence-corrected chi connectivity index (χ0v) is 19.8. The minimum Gasteiger partial charge on any atom is -0.480 e. The molecule has 1 fully saturated rings. The number of hydrogen-bond donors (Lipinski definition) is 4. The number of non-ortho nitro benzene ring substituents is 1. The summed E-state index contributed by atoms with van der Waals surface area (Å²) in [5.41, 5.74) is -1.14. The number of hydrogen-bond acceptors (Lipinski definition) is 9. The van der Waals surface area contributed by atoms with Crippen LogP contribution >= 0.6 is 0 Å². The Morgan fingerprint density at radius 1 is 1.14 bits per heavy atom. The molecule has 3 amide bonds. The number of nitrogens with one attached hydrogen (secondary N) is 3. The summed E-state index contributed by atoms with van der Waals surface area (Å²) in [5.74, 6) is -2.98. The molecule has 2 rings (SSSR count). The number of aliphatic carboxylic acids is 1. The molecule has 1 aliphatic heterocycles. The van der Waals surface area contributed by atoms with E-state index in [4.69, 9.17) is 5.11 Å². The number of rotatable bonds is 12. The largest absolute Gasteiger partial charge is 0.480 e. The number of amides is 3. The van der Waals surface area contributed by atoms with Gasteiger partial charge in [0.2, 0.25) is 17.7 Å². The number of carboxylic acid groups (broad SMARTS) is 1. The topological polar surface area (TPSA) is 214 Å². The van der Waals surface area contributed by atoms with Crippen molar-refractivity contribution >= 4 is 40.8 Å². The third-order valence-corrected chi connectivity index (χ3v) is 5.45. The number of nitrogens with zero attached hydrogens (tertiary/aromatic N) is 3. The Morgan fingerprint density at radius 3 is 2.42 bits per heavy atom. The standard InChI is InChI=1S/C21H28N6O9/c1-12(2)8-15(20(31)23-11-19(29)30)24-21(32)16-4-3-7-25(16)18(28)10-22-14-6-5-13(26(33)34)9-17(14)27(35)36/h5-6,9,12,15-16,22H,3-4,7-8,10-11H2,1-2H3,(H,23,31)(H,24,32)(H,29,30). The van der Waals surface area contributed by atoms with E-state index in [9.17, 15) is 39.4 Å². The molecule has 15 nitrogen and oxygen atoms in total. The SMILES string of the molecule is CC(C)CC(NC(=O)C1CCCN1C(=O)CNc1ccc([N+](=O)[O-])cc1[N+](=O)[O-])C(=O)NCC(=O)O. The second-order valence-electron chi connectivity index (χ2n) is 8.62. The van der Waals surface area contributed by atoms with Crippen LogP contribution in [0.4, 0.5) is 17.1 Å². The number of carbonyl (C=O) groups excluding carboxylic acids is 3. The van der Waals surface area contributed by atoms with Crippen LogP contribution in [-0.4, -0.2) is 75.3 Å². The summed E-state index contributed by atoms with van der Waals surface area (Å²) in [6.07, 6.45) is 1.10. The molecule has 0 bridgehead atoms. The van der Waals surface area contributed by atoms with Crippen LogP contribution in [0.3, 0.4) is 0 Å². The van der Waals surface area contributed by atoms with Crippen molar-refractivity contribution < 1.29 is 34.1 Å². The molecule has 0 saturated carbocycles. The molecule has 0 radical (unpaired) electrons. The Morgan fingerprint density at radius 2 is 1.83 bits per heavy atom. The highest BCUT2D eigenvalue weighted by Crippen LogP contribution is 2.29. The lowest BCUT2D eigenvalue weighted by atomic mass is 10.0. The number of nitro groups is 2. The summed E-state index contributed by atoms with van der Waals surface area (Å²) in [7, 11) is 0. The molecular formula is C21H28N6O9. The first-order valence-corrected chi connectivity index (χ1v) is 11.2. The molecule has 2 unspecified atom stereocenters. The van der Waals surface area contributed by atoms with Gasteiger partial charge in [-0.3, -0.25) is 39.4 Å². The van der Waals surface area contributed by atoms with Gasteiger partial charge in [-0.05, 0) is 31.2 Å². The van der Waals surface area contributed by atoms with Crippen LogP contribution in [0.5, 0.6) is 0 Å². The second kappa shape index (κ2) is 12.4. The van der Waals surface area contributed by atoms with Crippen molar-refractivity contribution in [2.75, 3.05) is 25.0 Å². The van der Waals surface area contributed by atoms with Crippen molar-refractivity contribution in [2.24, 2.45) is 5.92 Å². The first-order chi connectivity index (χ1) is 16.9. The van der Waals surface area contributed by atoms with Gasteiger partial charge >= 0.3 is 5.97 Å². The number of nitro benzene ring substituents is 2. The minimum atomic E-state index is -1.23. The highest BCUT2D eigenvalue weighted by Gasteiger charge is 2.36. The molecule has 1 aromatic carbocycles. The first-order valence-electron chi connectivity index (χ1n) is 11.2. The van der Waals surface area contributed by atoms with E-state index in [1.807, 2.05) is 13.8 Å². The van der Waals surface area contributed by atoms with Crippen LogP contribution in [0.1, 0.15) is 33.1 Å². The van der Waals surface area contributed by atoms with Crippen molar-refractivity contribution in [1.29, 1.82) is 0 Å². The number of benzene rings is 1.